The molecule has 1 amide bonds. The number of aromatic nitrogens is 1. The predicted molar refractivity (Wildman–Crippen MR) is 113 cm³/mol. The lowest BCUT2D eigenvalue weighted by molar-refractivity contribution is 0.0949. The molecule has 28 heavy (non-hydrogen) atoms. The number of rotatable bonds is 9. The fraction of sp³-hybridized carbons (Fsp3) is 0.391. The Bertz CT molecular complexity index is 782. The first-order chi connectivity index (χ1) is 13.7. The summed E-state index contributed by atoms with van der Waals surface area (Å²) in [6.07, 6.45) is 10.8. The van der Waals surface area contributed by atoms with Gasteiger partial charge in [-0.15, -0.1) is 0 Å². The first-order valence-electron chi connectivity index (χ1n) is 10.0. The molecule has 0 atom stereocenters. The molecule has 0 saturated carbocycles. The van der Waals surface area contributed by atoms with Crippen molar-refractivity contribution in [1.82, 2.24) is 10.3 Å². The largest absolute Gasteiger partial charge is 0.497 e. The van der Waals surface area contributed by atoms with Gasteiger partial charge in [-0.25, -0.2) is 4.98 Å². The van der Waals surface area contributed by atoms with Crippen LogP contribution in [0.3, 0.4) is 0 Å². The van der Waals surface area contributed by atoms with Gasteiger partial charge in [-0.05, 0) is 68.4 Å². The molecule has 0 aliphatic heterocycles. The number of anilines is 1. The zero-order chi connectivity index (χ0) is 19.6. The van der Waals surface area contributed by atoms with E-state index in [2.05, 4.69) is 33.8 Å². The normalized spacial score (nSPS) is 13.5. The van der Waals surface area contributed by atoms with Gasteiger partial charge >= 0.3 is 0 Å². The quantitative estimate of drug-likeness (QED) is 0.635. The molecule has 1 heterocycles. The monoisotopic (exact) mass is 379 g/mol. The third-order valence-corrected chi connectivity index (χ3v) is 5.01. The number of hydrogen-bond acceptors (Lipinski definition) is 4. The van der Waals surface area contributed by atoms with Gasteiger partial charge in [0, 0.05) is 13.1 Å². The number of methoxy groups -OCH3 is 1. The first-order valence-corrected chi connectivity index (χ1v) is 10.0. The van der Waals surface area contributed by atoms with E-state index in [-0.39, 0.29) is 5.91 Å². The topological polar surface area (TPSA) is 63.2 Å². The van der Waals surface area contributed by atoms with Gasteiger partial charge in [0.2, 0.25) is 0 Å². The number of amides is 1. The van der Waals surface area contributed by atoms with E-state index in [1.165, 1.54) is 36.8 Å². The second-order valence-corrected chi connectivity index (χ2v) is 7.07. The van der Waals surface area contributed by atoms with Crippen LogP contribution in [0.2, 0.25) is 0 Å². The zero-order valence-electron chi connectivity index (χ0n) is 16.5. The number of ether oxygens (including phenoxy) is 1. The van der Waals surface area contributed by atoms with Crippen molar-refractivity contribution in [3.05, 3.63) is 65.5 Å². The Balaban J connectivity index is 1.39. The van der Waals surface area contributed by atoms with Crippen molar-refractivity contribution in [2.24, 2.45) is 0 Å². The van der Waals surface area contributed by atoms with E-state index in [9.17, 15) is 4.79 Å². The molecule has 0 bridgehead atoms. The summed E-state index contributed by atoms with van der Waals surface area (Å²) >= 11 is 0. The zero-order valence-corrected chi connectivity index (χ0v) is 16.5. The van der Waals surface area contributed by atoms with Crippen molar-refractivity contribution >= 4 is 11.6 Å². The molecule has 2 aromatic rings. The van der Waals surface area contributed by atoms with Crippen LogP contribution in [0.1, 0.15) is 48.2 Å². The molecule has 0 radical (unpaired) electrons. The van der Waals surface area contributed by atoms with Crippen molar-refractivity contribution in [1.29, 1.82) is 0 Å². The summed E-state index contributed by atoms with van der Waals surface area (Å²) in [7, 11) is 1.67. The predicted octanol–water partition coefficient (Wildman–Crippen LogP) is 4.37. The smallest absolute Gasteiger partial charge is 0.269 e. The molecule has 3 rings (SSSR count). The van der Waals surface area contributed by atoms with Crippen LogP contribution in [-0.2, 0) is 6.42 Å². The maximum atomic E-state index is 12.2. The fourth-order valence-electron chi connectivity index (χ4n) is 3.33. The van der Waals surface area contributed by atoms with E-state index in [1.54, 1.807) is 19.4 Å². The number of nitrogens with zero attached hydrogens (tertiary/aromatic N) is 1. The third kappa shape index (κ3) is 6.12. The minimum atomic E-state index is -0.110. The van der Waals surface area contributed by atoms with Crippen LogP contribution in [0.15, 0.2) is 54.2 Å². The molecule has 0 spiro atoms. The lowest BCUT2D eigenvalue weighted by Crippen LogP contribution is -2.25. The summed E-state index contributed by atoms with van der Waals surface area (Å²) in [6.45, 7) is 1.48. The third-order valence-electron chi connectivity index (χ3n) is 5.01. The van der Waals surface area contributed by atoms with E-state index >= 15 is 0 Å². The minimum absolute atomic E-state index is 0.110. The molecular weight excluding hydrogens is 350 g/mol. The van der Waals surface area contributed by atoms with E-state index in [4.69, 9.17) is 4.74 Å². The molecule has 1 aliphatic carbocycles. The molecule has 0 fully saturated rings. The number of carbonyl (C=O) groups is 1. The van der Waals surface area contributed by atoms with Crippen LogP contribution in [0.25, 0.3) is 0 Å². The number of carbonyl (C=O) groups excluding carboxylic acids is 1. The molecular formula is C23H29N3O2. The highest BCUT2D eigenvalue weighted by Crippen LogP contribution is 2.19. The van der Waals surface area contributed by atoms with Crippen LogP contribution < -0.4 is 15.4 Å². The molecule has 0 unspecified atom stereocenters. The van der Waals surface area contributed by atoms with Gasteiger partial charge in [0.25, 0.3) is 5.91 Å². The van der Waals surface area contributed by atoms with Gasteiger partial charge in [-0.1, -0.05) is 23.8 Å². The molecule has 2 N–H and O–H groups in total. The number of allylic oxidation sites excluding steroid dienone is 1. The Morgan fingerprint density at radius 1 is 1.07 bits per heavy atom. The van der Waals surface area contributed by atoms with Crippen molar-refractivity contribution in [2.75, 3.05) is 25.5 Å². The summed E-state index contributed by atoms with van der Waals surface area (Å²) in [4.78, 5) is 16.5. The van der Waals surface area contributed by atoms with Gasteiger partial charge < -0.3 is 15.4 Å². The molecule has 148 valence electrons. The highest BCUT2D eigenvalue weighted by molar-refractivity contribution is 5.92. The van der Waals surface area contributed by atoms with Crippen LogP contribution in [0.4, 0.5) is 5.69 Å². The van der Waals surface area contributed by atoms with Gasteiger partial charge in [0.15, 0.2) is 0 Å². The summed E-state index contributed by atoms with van der Waals surface area (Å²) < 4.78 is 5.17. The summed E-state index contributed by atoms with van der Waals surface area (Å²) in [5.41, 5.74) is 4.08. The summed E-state index contributed by atoms with van der Waals surface area (Å²) in [5, 5.41) is 6.31. The molecule has 1 aromatic carbocycles. The molecule has 1 aromatic heterocycles. The van der Waals surface area contributed by atoms with Crippen LogP contribution in [0.5, 0.6) is 5.75 Å². The van der Waals surface area contributed by atoms with E-state index in [0.717, 1.165) is 30.8 Å². The standard InChI is InChI=1S/C23H29N3O2/c1-28-21-10-7-19(8-11-21)13-15-24-20-9-12-22(26-17-20)23(27)25-16-14-18-5-3-2-4-6-18/h5,7-12,17,24H,2-4,6,13-16H2,1H3,(H,25,27). The van der Waals surface area contributed by atoms with Crippen LogP contribution >= 0.6 is 0 Å². The molecule has 0 saturated heterocycles. The number of pyridine rings is 1. The highest BCUT2D eigenvalue weighted by Gasteiger charge is 2.08. The van der Waals surface area contributed by atoms with Gasteiger partial charge in [-0.3, -0.25) is 4.79 Å². The fourth-order valence-corrected chi connectivity index (χ4v) is 3.33. The SMILES string of the molecule is COc1ccc(CCNc2ccc(C(=O)NCCC3=CCCCC3)nc2)cc1. The van der Waals surface area contributed by atoms with Gasteiger partial charge in [0.1, 0.15) is 11.4 Å². The average Bonchev–Trinajstić information content (AvgIpc) is 2.75. The lowest BCUT2D eigenvalue weighted by Gasteiger charge is -2.13. The lowest BCUT2D eigenvalue weighted by atomic mass is 9.97. The molecule has 1 aliphatic rings. The number of hydrogen-bond donors (Lipinski definition) is 2. The summed E-state index contributed by atoms with van der Waals surface area (Å²) in [5.74, 6) is 0.756. The Morgan fingerprint density at radius 3 is 2.61 bits per heavy atom. The van der Waals surface area contributed by atoms with Crippen molar-refractivity contribution in [2.45, 2.75) is 38.5 Å². The maximum absolute atomic E-state index is 12.2. The second-order valence-electron chi connectivity index (χ2n) is 7.07. The van der Waals surface area contributed by atoms with E-state index in [0.29, 0.717) is 12.2 Å². The van der Waals surface area contributed by atoms with Crippen LogP contribution in [-0.4, -0.2) is 31.1 Å². The maximum Gasteiger partial charge on any atom is 0.269 e. The van der Waals surface area contributed by atoms with Crippen molar-refractivity contribution in [3.8, 4) is 5.75 Å². The average molecular weight is 380 g/mol. The Kier molecular flexibility index (Phi) is 7.47. The van der Waals surface area contributed by atoms with Crippen molar-refractivity contribution < 1.29 is 9.53 Å². The Hall–Kier alpha value is -2.82. The minimum Gasteiger partial charge on any atom is -0.497 e. The van der Waals surface area contributed by atoms with E-state index < -0.39 is 0 Å². The number of nitrogens with one attached hydrogen (secondary N) is 2. The van der Waals surface area contributed by atoms with Gasteiger partial charge in [0.05, 0.1) is 19.0 Å². The molecule has 5 nitrogen and oxygen atoms in total. The Labute approximate surface area is 167 Å². The second kappa shape index (κ2) is 10.5. The van der Waals surface area contributed by atoms with E-state index in [1.807, 2.05) is 18.2 Å². The highest BCUT2D eigenvalue weighted by atomic mass is 16.5. The number of benzene rings is 1. The van der Waals surface area contributed by atoms with Gasteiger partial charge in [-0.2, -0.15) is 0 Å². The molecule has 5 heteroatoms. The van der Waals surface area contributed by atoms with Crippen LogP contribution in [0, 0.1) is 0 Å². The Morgan fingerprint density at radius 2 is 1.93 bits per heavy atom. The van der Waals surface area contributed by atoms with Crippen molar-refractivity contribution in [3.63, 3.8) is 0 Å². The summed E-state index contributed by atoms with van der Waals surface area (Å²) in [6, 6.07) is 11.7. The first kappa shape index (κ1) is 19.9.